The Labute approximate surface area is 201 Å². The van der Waals surface area contributed by atoms with Crippen LogP contribution in [-0.2, 0) is 15.8 Å². The minimum absolute atomic E-state index is 0.0216. The van der Waals surface area contributed by atoms with E-state index in [1.807, 2.05) is 6.92 Å². The second-order valence-corrected chi connectivity index (χ2v) is 9.47. The molecule has 0 unspecified atom stereocenters. The number of amides is 2. The molecule has 184 valence electrons. The number of hydrogen-bond donors (Lipinski definition) is 2. The third-order valence-corrected chi connectivity index (χ3v) is 6.91. The molecule has 0 spiro atoms. The molecule has 1 saturated carbocycles. The summed E-state index contributed by atoms with van der Waals surface area (Å²) in [5, 5.41) is 7.30. The first-order chi connectivity index (χ1) is 16.2. The fourth-order valence-corrected chi connectivity index (χ4v) is 5.08. The highest BCUT2D eigenvalue weighted by Gasteiger charge is 2.35. The number of benzene rings is 1. The third kappa shape index (κ3) is 5.40. The van der Waals surface area contributed by atoms with Gasteiger partial charge < -0.3 is 15.5 Å². The largest absolute Gasteiger partial charge is 0.433 e. The van der Waals surface area contributed by atoms with E-state index in [1.165, 1.54) is 12.1 Å². The smallest absolute Gasteiger partial charge is 0.382 e. The lowest BCUT2D eigenvalue weighted by Crippen LogP contribution is -2.51. The first-order valence-corrected chi connectivity index (χ1v) is 12.1. The second kappa shape index (κ2) is 9.98. The number of pyridine rings is 1. The van der Waals surface area contributed by atoms with Gasteiger partial charge in [-0.25, -0.2) is 4.98 Å². The lowest BCUT2D eigenvalue weighted by atomic mass is 9.90. The minimum Gasteiger partial charge on any atom is -0.382 e. The molecule has 1 atom stereocenters. The Morgan fingerprint density at radius 2 is 1.91 bits per heavy atom. The highest BCUT2D eigenvalue weighted by atomic mass is 35.5. The van der Waals surface area contributed by atoms with Crippen molar-refractivity contribution in [2.75, 3.05) is 11.9 Å². The molecule has 2 aromatic rings. The number of nitrogens with zero attached hydrogens (tertiary/aromatic N) is 2. The maximum Gasteiger partial charge on any atom is 0.433 e. The Kier molecular flexibility index (Phi) is 7.21. The van der Waals surface area contributed by atoms with Crippen LogP contribution in [0.15, 0.2) is 24.3 Å². The van der Waals surface area contributed by atoms with Crippen molar-refractivity contribution in [2.24, 2.45) is 0 Å². The SMILES string of the molecule is CC[C@@H](C(=O)N[C@H]1CC[C@@H](Nc2cc(C(F)(F)F)nc3ccc(Cl)cc23)CC1)N1CCCC1=O. The van der Waals surface area contributed by atoms with Crippen LogP contribution < -0.4 is 10.6 Å². The average Bonchev–Trinajstić information content (AvgIpc) is 3.20. The number of fused-ring (bicyclic) bond motifs is 1. The van der Waals surface area contributed by atoms with E-state index >= 15 is 0 Å². The van der Waals surface area contributed by atoms with E-state index in [0.717, 1.165) is 12.5 Å². The van der Waals surface area contributed by atoms with Gasteiger partial charge in [0.25, 0.3) is 0 Å². The van der Waals surface area contributed by atoms with Crippen molar-refractivity contribution in [2.45, 2.75) is 76.2 Å². The highest BCUT2D eigenvalue weighted by Crippen LogP contribution is 2.35. The van der Waals surface area contributed by atoms with E-state index in [4.69, 9.17) is 11.6 Å². The Balaban J connectivity index is 1.41. The van der Waals surface area contributed by atoms with Gasteiger partial charge in [-0.15, -0.1) is 0 Å². The highest BCUT2D eigenvalue weighted by molar-refractivity contribution is 6.31. The zero-order chi connectivity index (χ0) is 24.5. The quantitative estimate of drug-likeness (QED) is 0.580. The summed E-state index contributed by atoms with van der Waals surface area (Å²) in [6.07, 6.45) is 0.0574. The van der Waals surface area contributed by atoms with Crippen LogP contribution in [0.1, 0.15) is 57.6 Å². The van der Waals surface area contributed by atoms with E-state index < -0.39 is 17.9 Å². The molecule has 1 saturated heterocycles. The van der Waals surface area contributed by atoms with E-state index in [0.29, 0.717) is 61.2 Å². The number of halogens is 4. The monoisotopic (exact) mass is 496 g/mol. The standard InChI is InChI=1S/C24H28ClF3N4O2/c1-2-20(32-11-3-4-22(32)33)23(34)30-16-8-6-15(7-9-16)29-19-13-21(24(26,27)28)31-18-10-5-14(25)12-17(18)19/h5,10,12-13,15-16,20H,2-4,6-9,11H2,1H3,(H,29,31)(H,30,34)/t15-,16+,20-/m0/s1. The van der Waals surface area contributed by atoms with Gasteiger partial charge in [-0.2, -0.15) is 13.2 Å². The number of likely N-dealkylation sites (tertiary alicyclic amines) is 1. The Morgan fingerprint density at radius 3 is 2.53 bits per heavy atom. The summed E-state index contributed by atoms with van der Waals surface area (Å²) in [6.45, 7) is 2.52. The van der Waals surface area contributed by atoms with Gasteiger partial charge in [-0.1, -0.05) is 18.5 Å². The molecular formula is C24H28ClF3N4O2. The zero-order valence-corrected chi connectivity index (χ0v) is 19.7. The third-order valence-electron chi connectivity index (χ3n) is 6.67. The fourth-order valence-electron chi connectivity index (χ4n) is 4.91. The molecule has 10 heteroatoms. The predicted octanol–water partition coefficient (Wildman–Crippen LogP) is 5.15. The maximum atomic E-state index is 13.4. The zero-order valence-electron chi connectivity index (χ0n) is 18.9. The van der Waals surface area contributed by atoms with Crippen LogP contribution in [0.25, 0.3) is 10.9 Å². The second-order valence-electron chi connectivity index (χ2n) is 9.03. The van der Waals surface area contributed by atoms with Crippen molar-refractivity contribution in [3.05, 3.63) is 35.0 Å². The number of carbonyl (C=O) groups excluding carboxylic acids is 2. The molecule has 1 aliphatic carbocycles. The molecule has 4 rings (SSSR count). The van der Waals surface area contributed by atoms with Crippen molar-refractivity contribution >= 4 is 40.0 Å². The van der Waals surface area contributed by atoms with Crippen LogP contribution in [0.2, 0.25) is 5.02 Å². The number of hydrogen-bond acceptors (Lipinski definition) is 4. The molecule has 0 bridgehead atoms. The fraction of sp³-hybridized carbons (Fsp3) is 0.542. The van der Waals surface area contributed by atoms with Crippen LogP contribution in [0, 0.1) is 0 Å². The molecule has 2 heterocycles. The summed E-state index contributed by atoms with van der Waals surface area (Å²) < 4.78 is 40.1. The summed E-state index contributed by atoms with van der Waals surface area (Å²) in [5.41, 5.74) is -0.372. The first kappa shape index (κ1) is 24.6. The molecule has 2 aliphatic rings. The van der Waals surface area contributed by atoms with Crippen molar-refractivity contribution < 1.29 is 22.8 Å². The summed E-state index contributed by atoms with van der Waals surface area (Å²) in [6, 6.07) is 5.15. The number of anilines is 1. The molecule has 2 amide bonds. The molecule has 1 aromatic carbocycles. The Morgan fingerprint density at radius 1 is 1.21 bits per heavy atom. The number of nitrogens with one attached hydrogen (secondary N) is 2. The molecule has 0 radical (unpaired) electrons. The van der Waals surface area contributed by atoms with Gasteiger partial charge in [-0.05, 0) is 62.8 Å². The van der Waals surface area contributed by atoms with Gasteiger partial charge in [0.05, 0.1) is 5.52 Å². The maximum absolute atomic E-state index is 13.4. The topological polar surface area (TPSA) is 74.3 Å². The van der Waals surface area contributed by atoms with E-state index in [9.17, 15) is 22.8 Å². The molecule has 2 N–H and O–H groups in total. The summed E-state index contributed by atoms with van der Waals surface area (Å²) in [7, 11) is 0. The number of alkyl halides is 3. The van der Waals surface area contributed by atoms with Crippen LogP contribution in [0.5, 0.6) is 0 Å². The van der Waals surface area contributed by atoms with Crippen LogP contribution in [0.3, 0.4) is 0 Å². The van der Waals surface area contributed by atoms with E-state index in [-0.39, 0.29) is 29.4 Å². The van der Waals surface area contributed by atoms with E-state index in [2.05, 4.69) is 15.6 Å². The molecular weight excluding hydrogens is 469 g/mol. The van der Waals surface area contributed by atoms with Crippen molar-refractivity contribution in [1.82, 2.24) is 15.2 Å². The predicted molar refractivity (Wildman–Crippen MR) is 125 cm³/mol. The Bertz CT molecular complexity index is 1070. The Hall–Kier alpha value is -2.55. The van der Waals surface area contributed by atoms with Gasteiger partial charge >= 0.3 is 6.18 Å². The molecule has 2 fully saturated rings. The van der Waals surface area contributed by atoms with Crippen LogP contribution >= 0.6 is 11.6 Å². The molecule has 34 heavy (non-hydrogen) atoms. The minimum atomic E-state index is -4.56. The summed E-state index contributed by atoms with van der Waals surface area (Å²) in [5.74, 6) is -0.100. The van der Waals surface area contributed by atoms with Gasteiger partial charge in [0.2, 0.25) is 11.8 Å². The van der Waals surface area contributed by atoms with Gasteiger partial charge in [0, 0.05) is 41.1 Å². The summed E-state index contributed by atoms with van der Waals surface area (Å²) >= 11 is 6.08. The molecule has 1 aromatic heterocycles. The van der Waals surface area contributed by atoms with Crippen LogP contribution in [0.4, 0.5) is 18.9 Å². The van der Waals surface area contributed by atoms with Crippen molar-refractivity contribution in [1.29, 1.82) is 0 Å². The summed E-state index contributed by atoms with van der Waals surface area (Å²) in [4.78, 5) is 30.3. The van der Waals surface area contributed by atoms with E-state index in [1.54, 1.807) is 11.0 Å². The van der Waals surface area contributed by atoms with Gasteiger partial charge in [0.15, 0.2) is 0 Å². The van der Waals surface area contributed by atoms with Crippen molar-refractivity contribution in [3.8, 4) is 0 Å². The average molecular weight is 497 g/mol. The van der Waals surface area contributed by atoms with Crippen molar-refractivity contribution in [3.63, 3.8) is 0 Å². The molecule has 6 nitrogen and oxygen atoms in total. The first-order valence-electron chi connectivity index (χ1n) is 11.7. The normalized spacial score (nSPS) is 22.1. The van der Waals surface area contributed by atoms with Gasteiger partial charge in [-0.3, -0.25) is 9.59 Å². The van der Waals surface area contributed by atoms with Gasteiger partial charge in [0.1, 0.15) is 11.7 Å². The van der Waals surface area contributed by atoms with Crippen LogP contribution in [-0.4, -0.2) is 46.4 Å². The molecule has 1 aliphatic heterocycles. The number of aromatic nitrogens is 1. The lowest BCUT2D eigenvalue weighted by molar-refractivity contribution is -0.141. The number of carbonyl (C=O) groups is 2. The number of rotatable bonds is 6. The lowest BCUT2D eigenvalue weighted by Gasteiger charge is -2.33.